The molecule has 3 fully saturated rings. The Labute approximate surface area is 258 Å². The number of Topliss-reactive ketones (excluding diaryl/α,β-unsaturated/α-hetero) is 1. The predicted octanol–water partition coefficient (Wildman–Crippen LogP) is 3.56. The smallest absolute Gasteiger partial charge is 0.338 e. The molecule has 1 saturated heterocycles. The van der Waals surface area contributed by atoms with Crippen molar-refractivity contribution < 1.29 is 48.3 Å². The van der Waals surface area contributed by atoms with Crippen LogP contribution in [-0.4, -0.2) is 76.1 Å². The monoisotopic (exact) mass is 612 g/mol. The van der Waals surface area contributed by atoms with Gasteiger partial charge < -0.3 is 29.2 Å². The molecule has 3 aliphatic carbocycles. The minimum atomic E-state index is -1.88. The maximum atomic E-state index is 15.0. The molecule has 1 aromatic rings. The summed E-state index contributed by atoms with van der Waals surface area (Å²) < 4.78 is 24.1. The minimum absolute atomic E-state index is 0.0175. The van der Waals surface area contributed by atoms with E-state index in [0.29, 0.717) is 5.57 Å². The van der Waals surface area contributed by atoms with Crippen LogP contribution in [0, 0.1) is 28.6 Å². The van der Waals surface area contributed by atoms with Crippen LogP contribution in [0.4, 0.5) is 0 Å². The van der Waals surface area contributed by atoms with Crippen LogP contribution in [0.1, 0.15) is 78.6 Å². The first kappa shape index (κ1) is 32.3. The molecular weight excluding hydrogens is 568 g/mol. The van der Waals surface area contributed by atoms with Crippen molar-refractivity contribution in [3.05, 3.63) is 47.0 Å². The van der Waals surface area contributed by atoms with E-state index >= 15 is 4.79 Å². The standard InChI is InChI=1S/C34H44O10/c1-17(2)22-15-34(40)29(43-30(39)21-12-10-9-11-13-21)27-32(8,23(37)14-24-33(27,16-41-24)44-20(5)36)28(38)26(42-19(4)35)25(18(22)3)31(34,6)7/h9-13,17,22-24,26-27,29,37,40H,14-16H2,1-8H3/t22-,23+,24-,26-,27?,29-,32-,33?,34-/m1/s1. The van der Waals surface area contributed by atoms with Gasteiger partial charge in [0.05, 0.1) is 29.6 Å². The number of aliphatic hydroxyl groups is 2. The highest BCUT2D eigenvalue weighted by atomic mass is 16.6. The first-order valence-corrected chi connectivity index (χ1v) is 15.3. The Balaban J connectivity index is 1.87. The maximum absolute atomic E-state index is 15.0. The molecule has 44 heavy (non-hydrogen) atoms. The van der Waals surface area contributed by atoms with E-state index in [0.717, 1.165) is 5.57 Å². The van der Waals surface area contributed by atoms with Gasteiger partial charge in [-0.15, -0.1) is 0 Å². The molecule has 1 heterocycles. The first-order chi connectivity index (χ1) is 20.4. The third-order valence-corrected chi connectivity index (χ3v) is 11.1. The number of ether oxygens (including phenoxy) is 4. The molecule has 10 nitrogen and oxygen atoms in total. The molecular formula is C34H44O10. The maximum Gasteiger partial charge on any atom is 0.338 e. The van der Waals surface area contributed by atoms with Crippen LogP contribution in [0.3, 0.4) is 0 Å². The largest absolute Gasteiger partial charge is 0.455 e. The lowest BCUT2D eigenvalue weighted by molar-refractivity contribution is -0.345. The number of hydrogen-bond acceptors (Lipinski definition) is 10. The topological polar surface area (TPSA) is 146 Å². The van der Waals surface area contributed by atoms with Gasteiger partial charge in [-0.05, 0) is 49.8 Å². The Morgan fingerprint density at radius 1 is 1.02 bits per heavy atom. The molecule has 2 bridgehead atoms. The molecule has 1 aliphatic heterocycles. The van der Waals surface area contributed by atoms with Gasteiger partial charge in [-0.3, -0.25) is 14.4 Å². The van der Waals surface area contributed by atoms with E-state index in [2.05, 4.69) is 0 Å². The van der Waals surface area contributed by atoms with Crippen molar-refractivity contribution in [3.63, 3.8) is 0 Å². The minimum Gasteiger partial charge on any atom is -0.455 e. The molecule has 0 spiro atoms. The zero-order chi connectivity index (χ0) is 32.6. The van der Waals surface area contributed by atoms with Crippen molar-refractivity contribution in [3.8, 4) is 0 Å². The number of ketones is 1. The lowest BCUT2D eigenvalue weighted by Gasteiger charge is -2.67. The number of benzene rings is 1. The highest BCUT2D eigenvalue weighted by molar-refractivity contribution is 5.95. The van der Waals surface area contributed by atoms with Crippen molar-refractivity contribution in [2.75, 3.05) is 6.61 Å². The van der Waals surface area contributed by atoms with E-state index in [1.54, 1.807) is 44.2 Å². The summed E-state index contributed by atoms with van der Waals surface area (Å²) in [5.74, 6) is -4.28. The number of allylic oxidation sites excluding steroid dienone is 1. The SMILES string of the molecule is CC(=O)O[C@H]1C(=O)[C@@]2(C)C([C@@H](OC(=O)c3ccccc3)[C@]3(O)C[C@H](C(C)C)C(C)=C1C3(C)C)C1(OC(C)=O)CO[C@@H]1C[C@@H]2O. The summed E-state index contributed by atoms with van der Waals surface area (Å²) in [6.07, 6.45) is -5.04. The Morgan fingerprint density at radius 2 is 1.66 bits per heavy atom. The Hall–Kier alpha value is -3.08. The molecule has 4 aliphatic rings. The summed E-state index contributed by atoms with van der Waals surface area (Å²) >= 11 is 0. The fraction of sp³-hybridized carbons (Fsp3) is 0.647. The molecule has 240 valence electrons. The first-order valence-electron chi connectivity index (χ1n) is 15.3. The van der Waals surface area contributed by atoms with E-state index in [-0.39, 0.29) is 36.8 Å². The number of rotatable bonds is 5. The Bertz CT molecular complexity index is 1400. The summed E-state index contributed by atoms with van der Waals surface area (Å²) in [5, 5.41) is 25.1. The summed E-state index contributed by atoms with van der Waals surface area (Å²) in [7, 11) is 0. The molecule has 2 N–H and O–H groups in total. The van der Waals surface area contributed by atoms with E-state index in [4.69, 9.17) is 18.9 Å². The van der Waals surface area contributed by atoms with Gasteiger partial charge >= 0.3 is 17.9 Å². The third-order valence-electron chi connectivity index (χ3n) is 11.1. The molecule has 0 radical (unpaired) electrons. The van der Waals surface area contributed by atoms with E-state index in [9.17, 15) is 24.6 Å². The Morgan fingerprint density at radius 3 is 2.18 bits per heavy atom. The van der Waals surface area contributed by atoms with Crippen molar-refractivity contribution in [2.45, 2.75) is 104 Å². The van der Waals surface area contributed by atoms with Crippen molar-refractivity contribution in [1.82, 2.24) is 0 Å². The van der Waals surface area contributed by atoms with Gasteiger partial charge in [-0.1, -0.05) is 51.5 Å². The van der Waals surface area contributed by atoms with Crippen LogP contribution in [0.25, 0.3) is 0 Å². The van der Waals surface area contributed by atoms with Gasteiger partial charge in [0.1, 0.15) is 17.8 Å². The number of aliphatic hydroxyl groups excluding tert-OH is 1. The van der Waals surface area contributed by atoms with Crippen molar-refractivity contribution in [2.24, 2.45) is 28.6 Å². The van der Waals surface area contributed by atoms with Gasteiger partial charge in [-0.2, -0.15) is 0 Å². The fourth-order valence-corrected chi connectivity index (χ4v) is 8.70. The second-order valence-corrected chi connectivity index (χ2v) is 14.1. The highest BCUT2D eigenvalue weighted by Crippen LogP contribution is 2.65. The van der Waals surface area contributed by atoms with Gasteiger partial charge in [0, 0.05) is 25.7 Å². The van der Waals surface area contributed by atoms with Crippen LogP contribution < -0.4 is 0 Å². The normalized spacial score (nSPS) is 39.2. The van der Waals surface area contributed by atoms with Gasteiger partial charge in [0.15, 0.2) is 17.5 Å². The van der Waals surface area contributed by atoms with Gasteiger partial charge in [0.25, 0.3) is 0 Å². The summed E-state index contributed by atoms with van der Waals surface area (Å²) in [4.78, 5) is 54.2. The summed E-state index contributed by atoms with van der Waals surface area (Å²) in [5.41, 5.74) is -5.05. The van der Waals surface area contributed by atoms with E-state index in [1.807, 2.05) is 20.8 Å². The molecule has 9 atom stereocenters. The highest BCUT2D eigenvalue weighted by Gasteiger charge is 2.78. The average molecular weight is 613 g/mol. The summed E-state index contributed by atoms with van der Waals surface area (Å²) in [6.45, 7) is 13.2. The lowest BCUT2D eigenvalue weighted by atomic mass is 9.44. The number of carbonyl (C=O) groups excluding carboxylic acids is 4. The second-order valence-electron chi connectivity index (χ2n) is 14.1. The van der Waals surface area contributed by atoms with E-state index in [1.165, 1.54) is 20.8 Å². The zero-order valence-electron chi connectivity index (χ0n) is 26.7. The van der Waals surface area contributed by atoms with Crippen LogP contribution in [0.15, 0.2) is 41.5 Å². The quantitative estimate of drug-likeness (QED) is 0.288. The number of hydrogen-bond donors (Lipinski definition) is 2. The van der Waals surface area contributed by atoms with Crippen LogP contribution in [0.2, 0.25) is 0 Å². The number of esters is 3. The zero-order valence-corrected chi connectivity index (χ0v) is 26.7. The predicted molar refractivity (Wildman–Crippen MR) is 157 cm³/mol. The van der Waals surface area contributed by atoms with Crippen molar-refractivity contribution in [1.29, 1.82) is 0 Å². The molecule has 0 aromatic heterocycles. The molecule has 2 saturated carbocycles. The van der Waals surface area contributed by atoms with Crippen molar-refractivity contribution >= 4 is 23.7 Å². The molecule has 0 amide bonds. The fourth-order valence-electron chi connectivity index (χ4n) is 8.70. The Kier molecular flexibility index (Phi) is 7.91. The molecule has 10 heteroatoms. The lowest BCUT2D eigenvalue weighted by Crippen LogP contribution is -2.81. The van der Waals surface area contributed by atoms with Crippen LogP contribution in [0.5, 0.6) is 0 Å². The van der Waals surface area contributed by atoms with E-state index < -0.39 is 76.1 Å². The molecule has 1 aromatic carbocycles. The van der Waals surface area contributed by atoms with Crippen LogP contribution >= 0.6 is 0 Å². The number of carbonyl (C=O) groups is 4. The third kappa shape index (κ3) is 4.47. The van der Waals surface area contributed by atoms with Gasteiger partial charge in [0.2, 0.25) is 0 Å². The van der Waals surface area contributed by atoms with Gasteiger partial charge in [-0.25, -0.2) is 4.79 Å². The molecule has 5 rings (SSSR count). The number of fused-ring (bicyclic) bond motifs is 5. The second kappa shape index (κ2) is 10.8. The average Bonchev–Trinajstić information content (AvgIpc) is 2.93. The van der Waals surface area contributed by atoms with Crippen LogP contribution in [-0.2, 0) is 33.3 Å². The molecule has 2 unspecified atom stereocenters. The summed E-state index contributed by atoms with van der Waals surface area (Å²) in [6, 6.07) is 8.30.